The van der Waals surface area contributed by atoms with E-state index in [1.807, 2.05) is 11.3 Å². The standard InChI is InChI=1S/C11H12S3/c1-3-7-4-8-6-10(13-2)14-11(8)9(12)5-7/h4-6,12H,3H2,1-2H3. The number of hydrogen-bond donors (Lipinski definition) is 1. The molecule has 1 aromatic carbocycles. The summed E-state index contributed by atoms with van der Waals surface area (Å²) in [5, 5.41) is 1.34. The van der Waals surface area contributed by atoms with Gasteiger partial charge in [-0.2, -0.15) is 0 Å². The molecule has 0 aliphatic rings. The van der Waals surface area contributed by atoms with Gasteiger partial charge in [0, 0.05) is 9.60 Å². The van der Waals surface area contributed by atoms with Gasteiger partial charge in [-0.1, -0.05) is 13.0 Å². The van der Waals surface area contributed by atoms with Crippen molar-refractivity contribution in [2.24, 2.45) is 0 Å². The molecule has 0 aliphatic heterocycles. The third-order valence-corrected chi connectivity index (χ3v) is 5.00. The molecule has 0 unspecified atom stereocenters. The van der Waals surface area contributed by atoms with E-state index in [2.05, 4.69) is 44.0 Å². The minimum atomic E-state index is 1.08. The largest absolute Gasteiger partial charge is 0.142 e. The van der Waals surface area contributed by atoms with Gasteiger partial charge in [-0.25, -0.2) is 0 Å². The average molecular weight is 240 g/mol. The monoisotopic (exact) mass is 240 g/mol. The zero-order chi connectivity index (χ0) is 10.1. The minimum absolute atomic E-state index is 1.08. The van der Waals surface area contributed by atoms with Gasteiger partial charge in [0.25, 0.3) is 0 Å². The number of hydrogen-bond acceptors (Lipinski definition) is 3. The van der Waals surface area contributed by atoms with Crippen LogP contribution in [0.3, 0.4) is 0 Å². The second-order valence-corrected chi connectivity index (χ2v) is 5.80. The number of thiophene rings is 1. The maximum Gasteiger partial charge on any atom is 0.0608 e. The van der Waals surface area contributed by atoms with E-state index in [-0.39, 0.29) is 0 Å². The Bertz CT molecular complexity index is 457. The van der Waals surface area contributed by atoms with Crippen LogP contribution in [0.5, 0.6) is 0 Å². The van der Waals surface area contributed by atoms with Crippen LogP contribution in [0, 0.1) is 0 Å². The first-order valence-corrected chi connectivity index (χ1v) is 7.03. The summed E-state index contributed by atoms with van der Waals surface area (Å²) in [5.74, 6) is 0. The lowest BCUT2D eigenvalue weighted by Crippen LogP contribution is -1.79. The first kappa shape index (κ1) is 10.4. The fourth-order valence-corrected chi connectivity index (χ4v) is 3.52. The lowest BCUT2D eigenvalue weighted by Gasteiger charge is -1.99. The summed E-state index contributed by atoms with van der Waals surface area (Å²) in [6.07, 6.45) is 3.19. The lowest BCUT2D eigenvalue weighted by atomic mass is 10.1. The molecule has 3 heteroatoms. The Morgan fingerprint density at radius 2 is 2.14 bits per heavy atom. The van der Waals surface area contributed by atoms with Crippen molar-refractivity contribution < 1.29 is 0 Å². The summed E-state index contributed by atoms with van der Waals surface area (Å²) in [7, 11) is 0. The quantitative estimate of drug-likeness (QED) is 0.597. The van der Waals surface area contributed by atoms with Crippen LogP contribution in [0.15, 0.2) is 27.3 Å². The average Bonchev–Trinajstić information content (AvgIpc) is 2.61. The molecule has 1 aromatic heterocycles. The van der Waals surface area contributed by atoms with Gasteiger partial charge in [0.1, 0.15) is 0 Å². The number of aryl methyl sites for hydroxylation is 1. The van der Waals surface area contributed by atoms with Crippen LogP contribution in [0.25, 0.3) is 10.1 Å². The molecule has 0 radical (unpaired) electrons. The third-order valence-electron chi connectivity index (χ3n) is 2.24. The Morgan fingerprint density at radius 3 is 2.79 bits per heavy atom. The van der Waals surface area contributed by atoms with E-state index in [9.17, 15) is 0 Å². The van der Waals surface area contributed by atoms with E-state index in [0.29, 0.717) is 0 Å². The number of rotatable bonds is 2. The van der Waals surface area contributed by atoms with Crippen molar-refractivity contribution in [3.63, 3.8) is 0 Å². The summed E-state index contributed by atoms with van der Waals surface area (Å²) in [5.41, 5.74) is 1.37. The highest BCUT2D eigenvalue weighted by Crippen LogP contribution is 2.36. The van der Waals surface area contributed by atoms with Crippen LogP contribution < -0.4 is 0 Å². The van der Waals surface area contributed by atoms with Crippen LogP contribution in [0.1, 0.15) is 12.5 Å². The topological polar surface area (TPSA) is 0 Å². The number of thioether (sulfide) groups is 1. The highest BCUT2D eigenvalue weighted by molar-refractivity contribution is 8.00. The maximum atomic E-state index is 4.53. The SMILES string of the molecule is CCc1cc(S)c2sc(SC)cc2c1. The van der Waals surface area contributed by atoms with E-state index in [4.69, 9.17) is 0 Å². The highest BCUT2D eigenvalue weighted by Gasteiger charge is 2.05. The fourth-order valence-electron chi connectivity index (χ4n) is 1.48. The Kier molecular flexibility index (Phi) is 3.10. The summed E-state index contributed by atoms with van der Waals surface area (Å²) in [6, 6.07) is 6.70. The summed E-state index contributed by atoms with van der Waals surface area (Å²) >= 11 is 8.16. The lowest BCUT2D eigenvalue weighted by molar-refractivity contribution is 1.14. The smallest absolute Gasteiger partial charge is 0.0608 e. The summed E-state index contributed by atoms with van der Waals surface area (Å²) in [6.45, 7) is 2.18. The number of fused-ring (bicyclic) bond motifs is 1. The predicted octanol–water partition coefficient (Wildman–Crippen LogP) is 4.47. The fraction of sp³-hybridized carbons (Fsp3) is 0.273. The molecule has 2 rings (SSSR count). The first-order valence-electron chi connectivity index (χ1n) is 4.54. The van der Waals surface area contributed by atoms with E-state index < -0.39 is 0 Å². The number of thiol groups is 1. The molecule has 14 heavy (non-hydrogen) atoms. The first-order chi connectivity index (χ1) is 6.74. The van der Waals surface area contributed by atoms with E-state index in [1.54, 1.807) is 11.8 Å². The van der Waals surface area contributed by atoms with Crippen molar-refractivity contribution in [2.75, 3.05) is 6.26 Å². The molecule has 74 valence electrons. The van der Waals surface area contributed by atoms with Crippen molar-refractivity contribution in [3.05, 3.63) is 23.8 Å². The van der Waals surface area contributed by atoms with Crippen LogP contribution in [0.2, 0.25) is 0 Å². The maximum absolute atomic E-state index is 4.53. The molecule has 0 spiro atoms. The van der Waals surface area contributed by atoms with Crippen molar-refractivity contribution in [1.82, 2.24) is 0 Å². The molecule has 2 aromatic rings. The Morgan fingerprint density at radius 1 is 1.36 bits per heavy atom. The second-order valence-electron chi connectivity index (χ2n) is 3.16. The van der Waals surface area contributed by atoms with Gasteiger partial charge >= 0.3 is 0 Å². The zero-order valence-electron chi connectivity index (χ0n) is 8.20. The highest BCUT2D eigenvalue weighted by atomic mass is 32.2. The van der Waals surface area contributed by atoms with E-state index in [1.165, 1.54) is 19.9 Å². The van der Waals surface area contributed by atoms with Crippen LogP contribution in [0.4, 0.5) is 0 Å². The Hall–Kier alpha value is -0.120. The van der Waals surface area contributed by atoms with Gasteiger partial charge in [-0.3, -0.25) is 0 Å². The molecular formula is C11H12S3. The van der Waals surface area contributed by atoms with Crippen LogP contribution >= 0.6 is 35.7 Å². The Labute approximate surface area is 98.1 Å². The summed E-state index contributed by atoms with van der Waals surface area (Å²) in [4.78, 5) is 1.12. The van der Waals surface area contributed by atoms with Gasteiger partial charge in [-0.15, -0.1) is 35.7 Å². The van der Waals surface area contributed by atoms with Crippen LogP contribution in [-0.4, -0.2) is 6.26 Å². The van der Waals surface area contributed by atoms with Gasteiger partial charge < -0.3 is 0 Å². The predicted molar refractivity (Wildman–Crippen MR) is 70.2 cm³/mol. The number of benzene rings is 1. The zero-order valence-corrected chi connectivity index (χ0v) is 10.7. The minimum Gasteiger partial charge on any atom is -0.142 e. The van der Waals surface area contributed by atoms with Crippen molar-refractivity contribution >= 4 is 45.8 Å². The second kappa shape index (κ2) is 4.17. The van der Waals surface area contributed by atoms with E-state index >= 15 is 0 Å². The van der Waals surface area contributed by atoms with Crippen molar-refractivity contribution in [2.45, 2.75) is 22.4 Å². The van der Waals surface area contributed by atoms with Crippen molar-refractivity contribution in [1.29, 1.82) is 0 Å². The normalized spacial score (nSPS) is 11.1. The molecule has 0 saturated heterocycles. The molecule has 0 nitrogen and oxygen atoms in total. The summed E-state index contributed by atoms with van der Waals surface area (Å²) < 4.78 is 2.68. The molecule has 0 amide bonds. The van der Waals surface area contributed by atoms with Gasteiger partial charge in [0.05, 0.1) is 4.21 Å². The molecule has 0 bridgehead atoms. The van der Waals surface area contributed by atoms with Gasteiger partial charge in [0.2, 0.25) is 0 Å². The molecular weight excluding hydrogens is 228 g/mol. The Balaban J connectivity index is 2.67. The molecule has 0 saturated carbocycles. The molecule has 0 fully saturated rings. The molecule has 1 heterocycles. The molecule has 0 N–H and O–H groups in total. The van der Waals surface area contributed by atoms with Gasteiger partial charge in [-0.05, 0) is 35.8 Å². The third kappa shape index (κ3) is 1.81. The molecule has 0 atom stereocenters. The molecule has 0 aliphatic carbocycles. The van der Waals surface area contributed by atoms with Crippen molar-refractivity contribution in [3.8, 4) is 0 Å². The van der Waals surface area contributed by atoms with Gasteiger partial charge in [0.15, 0.2) is 0 Å². The van der Waals surface area contributed by atoms with Crippen LogP contribution in [-0.2, 0) is 6.42 Å². The van der Waals surface area contributed by atoms with E-state index in [0.717, 1.165) is 11.3 Å².